The Kier molecular flexibility index (Phi) is 6.30. The fourth-order valence-electron chi connectivity index (χ4n) is 2.16. The molecule has 0 saturated carbocycles. The highest BCUT2D eigenvalue weighted by molar-refractivity contribution is 7.84. The molecule has 0 radical (unpaired) electrons. The van der Waals surface area contributed by atoms with Crippen molar-refractivity contribution in [1.82, 2.24) is 5.16 Å². The Bertz CT molecular complexity index is 720. The number of rotatable bonds is 8. The molecule has 1 aromatic carbocycles. The van der Waals surface area contributed by atoms with Crippen molar-refractivity contribution in [2.24, 2.45) is 0 Å². The van der Waals surface area contributed by atoms with Gasteiger partial charge in [0.1, 0.15) is 17.6 Å². The third-order valence-electron chi connectivity index (χ3n) is 3.03. The van der Waals surface area contributed by atoms with Gasteiger partial charge in [-0.3, -0.25) is 8.77 Å². The highest BCUT2D eigenvalue weighted by atomic mass is 32.2. The summed E-state index contributed by atoms with van der Waals surface area (Å²) in [6.45, 7) is 4.08. The van der Waals surface area contributed by atoms with Crippen molar-refractivity contribution in [2.75, 3.05) is 19.5 Å². The minimum atomic E-state index is -3.24. The van der Waals surface area contributed by atoms with Gasteiger partial charge in [-0.1, -0.05) is 23.4 Å². The molecule has 0 aliphatic rings. The maximum Gasteiger partial charge on any atom is 0.338 e. The van der Waals surface area contributed by atoms with Crippen molar-refractivity contribution < 1.29 is 22.3 Å². The summed E-state index contributed by atoms with van der Waals surface area (Å²) in [5.74, 6) is 0.405. The van der Waals surface area contributed by atoms with E-state index in [-0.39, 0.29) is 19.4 Å². The Morgan fingerprint density at radius 1 is 1.22 bits per heavy atom. The van der Waals surface area contributed by atoms with E-state index in [0.29, 0.717) is 16.3 Å². The van der Waals surface area contributed by atoms with E-state index in [2.05, 4.69) is 5.16 Å². The molecule has 0 bridgehead atoms. The molecule has 126 valence electrons. The van der Waals surface area contributed by atoms with Gasteiger partial charge in [0, 0.05) is 22.8 Å². The Morgan fingerprint density at radius 3 is 2.48 bits per heavy atom. The molecule has 2 rings (SSSR count). The van der Waals surface area contributed by atoms with Crippen molar-refractivity contribution in [3.63, 3.8) is 0 Å². The van der Waals surface area contributed by atoms with Crippen LogP contribution in [-0.2, 0) is 30.6 Å². The molecule has 2 aromatic rings. The van der Waals surface area contributed by atoms with Crippen LogP contribution in [-0.4, -0.2) is 28.8 Å². The second-order valence-electron chi connectivity index (χ2n) is 4.73. The molecule has 0 N–H and O–H groups in total. The summed E-state index contributed by atoms with van der Waals surface area (Å²) in [6, 6.07) is 8.94. The van der Waals surface area contributed by atoms with Crippen LogP contribution in [0, 0.1) is 0 Å². The number of hydrogen-bond donors (Lipinski definition) is 0. The van der Waals surface area contributed by atoms with E-state index < -0.39 is 18.4 Å². The van der Waals surface area contributed by atoms with Crippen LogP contribution in [0.4, 0.5) is 0 Å². The predicted molar refractivity (Wildman–Crippen MR) is 88.8 cm³/mol. The van der Waals surface area contributed by atoms with Crippen LogP contribution >= 0.6 is 7.60 Å². The first-order valence-electron chi connectivity index (χ1n) is 7.25. The lowest BCUT2D eigenvalue weighted by Gasteiger charge is -2.14. The summed E-state index contributed by atoms with van der Waals surface area (Å²) >= 11 is 0. The van der Waals surface area contributed by atoms with Crippen LogP contribution in [0.1, 0.15) is 19.6 Å². The van der Waals surface area contributed by atoms with Crippen LogP contribution in [0.5, 0.6) is 0 Å². The zero-order valence-electron chi connectivity index (χ0n) is 13.4. The third kappa shape index (κ3) is 4.61. The summed E-state index contributed by atoms with van der Waals surface area (Å²) in [5.41, 5.74) is 1.27. The fourth-order valence-corrected chi connectivity index (χ4v) is 4.48. The average Bonchev–Trinajstić information content (AvgIpc) is 2.95. The first-order chi connectivity index (χ1) is 11.0. The van der Waals surface area contributed by atoms with Gasteiger partial charge in [-0.2, -0.15) is 0 Å². The first kappa shape index (κ1) is 18.1. The zero-order valence-corrected chi connectivity index (χ0v) is 15.1. The van der Waals surface area contributed by atoms with E-state index in [1.165, 1.54) is 0 Å². The van der Waals surface area contributed by atoms with Crippen molar-refractivity contribution in [1.29, 1.82) is 0 Å². The highest BCUT2D eigenvalue weighted by Gasteiger charge is 2.27. The first-order valence-corrected chi connectivity index (χ1v) is 10.5. The van der Waals surface area contributed by atoms with Gasteiger partial charge in [0.15, 0.2) is 0 Å². The van der Waals surface area contributed by atoms with Gasteiger partial charge in [0.05, 0.1) is 24.0 Å². The van der Waals surface area contributed by atoms with Gasteiger partial charge >= 0.3 is 7.60 Å². The quantitative estimate of drug-likeness (QED) is 0.668. The largest absolute Gasteiger partial charge is 0.360 e. The lowest BCUT2D eigenvalue weighted by Crippen LogP contribution is -1.98. The smallest absolute Gasteiger partial charge is 0.338 e. The van der Waals surface area contributed by atoms with Crippen molar-refractivity contribution in [3.8, 4) is 11.3 Å². The standard InChI is InChI=1S/C15H20NO5PS/c1-4-19-22(17,20-5-2)11-12-10-14(16-21-12)13-8-6-7-9-15(13)23(3)18/h6-10H,4-5,11H2,1-3H3. The van der Waals surface area contributed by atoms with Crippen molar-refractivity contribution in [2.45, 2.75) is 24.9 Å². The van der Waals surface area contributed by atoms with E-state index in [1.54, 1.807) is 32.2 Å². The topological polar surface area (TPSA) is 78.6 Å². The minimum absolute atomic E-state index is 0.0130. The molecule has 6 nitrogen and oxygen atoms in total. The lowest BCUT2D eigenvalue weighted by atomic mass is 10.1. The van der Waals surface area contributed by atoms with E-state index in [4.69, 9.17) is 13.6 Å². The van der Waals surface area contributed by atoms with E-state index in [1.807, 2.05) is 18.2 Å². The molecule has 1 unspecified atom stereocenters. The summed E-state index contributed by atoms with van der Waals surface area (Å²) in [4.78, 5) is 0.671. The average molecular weight is 357 g/mol. The summed E-state index contributed by atoms with van der Waals surface area (Å²) < 4.78 is 40.1. The lowest BCUT2D eigenvalue weighted by molar-refractivity contribution is 0.216. The summed E-state index contributed by atoms with van der Waals surface area (Å²) in [7, 11) is -4.39. The predicted octanol–water partition coefficient (Wildman–Crippen LogP) is 3.85. The van der Waals surface area contributed by atoms with Crippen LogP contribution in [0.2, 0.25) is 0 Å². The molecular formula is C15H20NO5PS. The van der Waals surface area contributed by atoms with E-state index in [0.717, 1.165) is 5.56 Å². The molecule has 1 heterocycles. The van der Waals surface area contributed by atoms with E-state index >= 15 is 0 Å². The number of nitrogens with zero attached hydrogens (tertiary/aromatic N) is 1. The van der Waals surface area contributed by atoms with Gasteiger partial charge < -0.3 is 13.6 Å². The number of aromatic nitrogens is 1. The SMILES string of the molecule is CCOP(=O)(Cc1cc(-c2ccccc2S(C)=O)no1)OCC. The molecule has 8 heteroatoms. The van der Waals surface area contributed by atoms with E-state index in [9.17, 15) is 8.77 Å². The van der Waals surface area contributed by atoms with Crippen molar-refractivity contribution in [3.05, 3.63) is 36.1 Å². The highest BCUT2D eigenvalue weighted by Crippen LogP contribution is 2.51. The summed E-state index contributed by atoms with van der Waals surface area (Å²) in [6.07, 6.45) is 1.62. The Labute approximate surface area is 138 Å². The van der Waals surface area contributed by atoms with Gasteiger partial charge in [0.2, 0.25) is 0 Å². The number of hydrogen-bond acceptors (Lipinski definition) is 6. The molecule has 0 aliphatic heterocycles. The summed E-state index contributed by atoms with van der Waals surface area (Å²) in [5, 5.41) is 3.99. The zero-order chi connectivity index (χ0) is 16.9. The van der Waals surface area contributed by atoms with Crippen LogP contribution in [0.3, 0.4) is 0 Å². The normalized spacial score (nSPS) is 13.2. The second kappa shape index (κ2) is 8.02. The Balaban J connectivity index is 2.28. The minimum Gasteiger partial charge on any atom is -0.360 e. The third-order valence-corrected chi connectivity index (χ3v) is 6.01. The number of benzene rings is 1. The molecule has 0 amide bonds. The maximum atomic E-state index is 12.5. The molecule has 0 fully saturated rings. The maximum absolute atomic E-state index is 12.5. The molecule has 1 atom stereocenters. The fraction of sp³-hybridized carbons (Fsp3) is 0.400. The van der Waals surface area contributed by atoms with Gasteiger partial charge in [0.25, 0.3) is 0 Å². The molecule has 23 heavy (non-hydrogen) atoms. The molecule has 0 aliphatic carbocycles. The van der Waals surface area contributed by atoms with Crippen LogP contribution in [0.25, 0.3) is 11.3 Å². The van der Waals surface area contributed by atoms with Crippen molar-refractivity contribution >= 4 is 18.4 Å². The second-order valence-corrected chi connectivity index (χ2v) is 8.14. The van der Waals surface area contributed by atoms with Crippen LogP contribution < -0.4 is 0 Å². The molecule has 1 aromatic heterocycles. The molecular weight excluding hydrogens is 337 g/mol. The molecule has 0 saturated heterocycles. The van der Waals surface area contributed by atoms with Gasteiger partial charge in [-0.05, 0) is 19.9 Å². The monoisotopic (exact) mass is 357 g/mol. The Hall–Kier alpha value is -1.27. The molecule has 0 spiro atoms. The Morgan fingerprint density at radius 2 is 1.87 bits per heavy atom. The van der Waals surface area contributed by atoms with Crippen LogP contribution in [0.15, 0.2) is 39.8 Å². The van der Waals surface area contributed by atoms with Gasteiger partial charge in [-0.15, -0.1) is 0 Å². The van der Waals surface area contributed by atoms with Gasteiger partial charge in [-0.25, -0.2) is 0 Å².